The number of amides is 1. The van der Waals surface area contributed by atoms with Crippen molar-refractivity contribution >= 4 is 12.0 Å². The number of nitrogens with zero attached hydrogens (tertiary/aromatic N) is 1. The van der Waals surface area contributed by atoms with Gasteiger partial charge in [-0.15, -0.1) is 0 Å². The lowest BCUT2D eigenvalue weighted by molar-refractivity contribution is -0.117. The summed E-state index contributed by atoms with van der Waals surface area (Å²) in [5.74, 6) is -0.272. The molecule has 0 aliphatic carbocycles. The number of nitriles is 1. The number of benzene rings is 1. The standard InChI is InChI=1S/C14H16N2O3/c1-19-8-2-7-16-14(18)12(10-15)9-11-3-5-13(17)6-4-11/h3-6,9,17H,2,7-8H2,1H3,(H,16,18)/b12-9+. The number of phenols is 1. The van der Waals surface area contributed by atoms with Crippen molar-refractivity contribution in [1.29, 1.82) is 5.26 Å². The topological polar surface area (TPSA) is 82.3 Å². The fraction of sp³-hybridized carbons (Fsp3) is 0.286. The molecule has 0 fully saturated rings. The Morgan fingerprint density at radius 3 is 2.74 bits per heavy atom. The maximum Gasteiger partial charge on any atom is 0.261 e. The molecule has 2 N–H and O–H groups in total. The molecule has 0 unspecified atom stereocenters. The number of ether oxygens (including phenoxy) is 1. The lowest BCUT2D eigenvalue weighted by Crippen LogP contribution is -2.26. The maximum atomic E-state index is 11.7. The lowest BCUT2D eigenvalue weighted by Gasteiger charge is -2.03. The second-order valence-corrected chi connectivity index (χ2v) is 3.86. The summed E-state index contributed by atoms with van der Waals surface area (Å²) in [6.45, 7) is 1.02. The van der Waals surface area contributed by atoms with Crippen LogP contribution in [0.25, 0.3) is 6.08 Å². The fourth-order valence-electron chi connectivity index (χ4n) is 1.40. The van der Waals surface area contributed by atoms with Gasteiger partial charge in [0.05, 0.1) is 0 Å². The summed E-state index contributed by atoms with van der Waals surface area (Å²) in [4.78, 5) is 11.7. The van der Waals surface area contributed by atoms with Gasteiger partial charge in [0.2, 0.25) is 0 Å². The third kappa shape index (κ3) is 5.23. The van der Waals surface area contributed by atoms with Crippen LogP contribution in [0.4, 0.5) is 0 Å². The molecule has 0 atom stereocenters. The largest absolute Gasteiger partial charge is 0.508 e. The van der Waals surface area contributed by atoms with Gasteiger partial charge in [-0.1, -0.05) is 12.1 Å². The van der Waals surface area contributed by atoms with E-state index >= 15 is 0 Å². The molecule has 100 valence electrons. The van der Waals surface area contributed by atoms with Crippen LogP contribution in [0.2, 0.25) is 0 Å². The molecular formula is C14H16N2O3. The zero-order valence-electron chi connectivity index (χ0n) is 10.7. The average molecular weight is 260 g/mol. The average Bonchev–Trinajstić information content (AvgIpc) is 2.42. The highest BCUT2D eigenvalue weighted by molar-refractivity contribution is 6.01. The molecule has 0 heterocycles. The molecule has 0 saturated carbocycles. The Bertz CT molecular complexity index is 486. The molecule has 1 aromatic rings. The third-order valence-corrected chi connectivity index (χ3v) is 2.38. The van der Waals surface area contributed by atoms with Crippen molar-refractivity contribution in [3.8, 4) is 11.8 Å². The molecular weight excluding hydrogens is 244 g/mol. The Morgan fingerprint density at radius 2 is 2.16 bits per heavy atom. The highest BCUT2D eigenvalue weighted by Gasteiger charge is 2.07. The van der Waals surface area contributed by atoms with Crippen molar-refractivity contribution in [1.82, 2.24) is 5.32 Å². The van der Waals surface area contributed by atoms with Crippen molar-refractivity contribution < 1.29 is 14.6 Å². The predicted molar refractivity (Wildman–Crippen MR) is 71.2 cm³/mol. The molecule has 5 heteroatoms. The molecule has 0 aliphatic heterocycles. The number of carbonyl (C=O) groups excluding carboxylic acids is 1. The van der Waals surface area contributed by atoms with Gasteiger partial charge in [0.15, 0.2) is 0 Å². The van der Waals surface area contributed by atoms with Gasteiger partial charge in [-0.25, -0.2) is 0 Å². The Morgan fingerprint density at radius 1 is 1.47 bits per heavy atom. The second-order valence-electron chi connectivity index (χ2n) is 3.86. The second kappa shape index (κ2) is 7.90. The van der Waals surface area contributed by atoms with Gasteiger partial charge in [-0.2, -0.15) is 5.26 Å². The molecule has 0 saturated heterocycles. The van der Waals surface area contributed by atoms with Crippen LogP contribution in [-0.2, 0) is 9.53 Å². The minimum absolute atomic E-state index is 0.0307. The molecule has 0 bridgehead atoms. The van der Waals surface area contributed by atoms with Crippen LogP contribution in [0.3, 0.4) is 0 Å². The van der Waals surface area contributed by atoms with E-state index in [2.05, 4.69) is 5.32 Å². The van der Waals surface area contributed by atoms with Gasteiger partial charge < -0.3 is 15.2 Å². The van der Waals surface area contributed by atoms with E-state index in [1.165, 1.54) is 18.2 Å². The smallest absolute Gasteiger partial charge is 0.261 e. The number of methoxy groups -OCH3 is 1. The predicted octanol–water partition coefficient (Wildman–Crippen LogP) is 1.45. The number of hydrogen-bond donors (Lipinski definition) is 2. The van der Waals surface area contributed by atoms with Crippen molar-refractivity contribution in [3.05, 3.63) is 35.4 Å². The first-order valence-electron chi connectivity index (χ1n) is 5.85. The van der Waals surface area contributed by atoms with Gasteiger partial charge in [0.25, 0.3) is 5.91 Å². The van der Waals surface area contributed by atoms with Gasteiger partial charge in [0.1, 0.15) is 17.4 Å². The van der Waals surface area contributed by atoms with Crippen LogP contribution in [0, 0.1) is 11.3 Å². The van der Waals surface area contributed by atoms with Crippen LogP contribution >= 0.6 is 0 Å². The van der Waals surface area contributed by atoms with E-state index in [0.29, 0.717) is 25.1 Å². The molecule has 5 nitrogen and oxygen atoms in total. The number of phenolic OH excluding ortho intramolecular Hbond substituents is 1. The van der Waals surface area contributed by atoms with Gasteiger partial charge in [-0.05, 0) is 30.2 Å². The molecule has 19 heavy (non-hydrogen) atoms. The number of carbonyl (C=O) groups is 1. The highest BCUT2D eigenvalue weighted by Crippen LogP contribution is 2.12. The lowest BCUT2D eigenvalue weighted by atomic mass is 10.1. The van der Waals surface area contributed by atoms with E-state index in [4.69, 9.17) is 15.1 Å². The summed E-state index contributed by atoms with van der Waals surface area (Å²) < 4.78 is 4.86. The first kappa shape index (κ1) is 14.7. The van der Waals surface area contributed by atoms with Crippen molar-refractivity contribution in [2.75, 3.05) is 20.3 Å². The summed E-state index contributed by atoms with van der Waals surface area (Å²) in [5.41, 5.74) is 0.712. The van der Waals surface area contributed by atoms with Crippen LogP contribution < -0.4 is 5.32 Å². The summed E-state index contributed by atoms with van der Waals surface area (Å²) in [6, 6.07) is 8.12. The first-order chi connectivity index (χ1) is 9.17. The third-order valence-electron chi connectivity index (χ3n) is 2.38. The number of hydrogen-bond acceptors (Lipinski definition) is 4. The van der Waals surface area contributed by atoms with E-state index in [9.17, 15) is 4.79 Å². The summed E-state index contributed by atoms with van der Waals surface area (Å²) in [6.07, 6.45) is 2.17. The quantitative estimate of drug-likeness (QED) is 0.461. The molecule has 0 aromatic heterocycles. The summed E-state index contributed by atoms with van der Waals surface area (Å²) in [5, 5.41) is 20.7. The molecule has 1 aromatic carbocycles. The Kier molecular flexibility index (Phi) is 6.13. The minimum atomic E-state index is -0.410. The number of aromatic hydroxyl groups is 1. The summed E-state index contributed by atoms with van der Waals surface area (Å²) in [7, 11) is 1.59. The van der Waals surface area contributed by atoms with Crippen LogP contribution in [0.5, 0.6) is 5.75 Å². The number of nitrogens with one attached hydrogen (secondary N) is 1. The molecule has 0 aliphatic rings. The van der Waals surface area contributed by atoms with Crippen molar-refractivity contribution in [2.24, 2.45) is 0 Å². The van der Waals surface area contributed by atoms with Gasteiger partial charge in [0, 0.05) is 20.3 Å². The highest BCUT2D eigenvalue weighted by atomic mass is 16.5. The van der Waals surface area contributed by atoms with E-state index in [1.54, 1.807) is 19.2 Å². The zero-order chi connectivity index (χ0) is 14.1. The van der Waals surface area contributed by atoms with E-state index in [0.717, 1.165) is 0 Å². The zero-order valence-corrected chi connectivity index (χ0v) is 10.7. The minimum Gasteiger partial charge on any atom is -0.508 e. The SMILES string of the molecule is COCCCNC(=O)/C(C#N)=C/c1ccc(O)cc1. The Hall–Kier alpha value is -2.32. The van der Waals surface area contributed by atoms with Crippen molar-refractivity contribution in [3.63, 3.8) is 0 Å². The fourth-order valence-corrected chi connectivity index (χ4v) is 1.40. The normalized spacial score (nSPS) is 10.8. The molecule has 0 radical (unpaired) electrons. The maximum absolute atomic E-state index is 11.7. The molecule has 1 rings (SSSR count). The van der Waals surface area contributed by atoms with Gasteiger partial charge >= 0.3 is 0 Å². The van der Waals surface area contributed by atoms with Crippen LogP contribution in [0.15, 0.2) is 29.8 Å². The summed E-state index contributed by atoms with van der Waals surface area (Å²) >= 11 is 0. The van der Waals surface area contributed by atoms with E-state index in [-0.39, 0.29) is 11.3 Å². The molecule has 1 amide bonds. The van der Waals surface area contributed by atoms with Crippen LogP contribution in [0.1, 0.15) is 12.0 Å². The number of rotatable bonds is 6. The van der Waals surface area contributed by atoms with E-state index in [1.807, 2.05) is 6.07 Å². The van der Waals surface area contributed by atoms with Gasteiger partial charge in [-0.3, -0.25) is 4.79 Å². The van der Waals surface area contributed by atoms with E-state index < -0.39 is 5.91 Å². The monoisotopic (exact) mass is 260 g/mol. The Labute approximate surface area is 112 Å². The van der Waals surface area contributed by atoms with Crippen molar-refractivity contribution in [2.45, 2.75) is 6.42 Å². The first-order valence-corrected chi connectivity index (χ1v) is 5.85. The molecule has 0 spiro atoms. The Balaban J connectivity index is 2.64. The van der Waals surface area contributed by atoms with Crippen LogP contribution in [-0.4, -0.2) is 31.3 Å².